The van der Waals surface area contributed by atoms with Crippen LogP contribution in [-0.4, -0.2) is 16.7 Å². The summed E-state index contributed by atoms with van der Waals surface area (Å²) < 4.78 is 0.566. The SMILES string of the molecule is N#CNC(=Nc1cccc(Cl)c1)SCC(=O)c1ccc(Cl)s1. The quantitative estimate of drug-likeness (QED) is 0.278. The fourth-order valence-electron chi connectivity index (χ4n) is 1.48. The summed E-state index contributed by atoms with van der Waals surface area (Å²) in [6.45, 7) is 0. The molecule has 0 aliphatic heterocycles. The predicted octanol–water partition coefficient (Wildman–Crippen LogP) is 4.73. The van der Waals surface area contributed by atoms with Gasteiger partial charge in [-0.3, -0.25) is 10.1 Å². The molecule has 2 aromatic rings. The lowest BCUT2D eigenvalue weighted by Gasteiger charge is -2.03. The summed E-state index contributed by atoms with van der Waals surface area (Å²) in [5.41, 5.74) is 0.601. The third-order valence-corrected chi connectivity index (χ3v) is 4.77. The third kappa shape index (κ3) is 5.04. The Labute approximate surface area is 145 Å². The standard InChI is InChI=1S/C14H9Cl2N3OS2/c15-9-2-1-3-10(6-9)19-14(18-8-17)21-7-11(20)12-4-5-13(16)22-12/h1-6H,7H2,(H,18,19). The highest BCUT2D eigenvalue weighted by atomic mass is 35.5. The van der Waals surface area contributed by atoms with Gasteiger partial charge in [0.05, 0.1) is 20.7 Å². The van der Waals surface area contributed by atoms with Crippen molar-refractivity contribution >= 4 is 62.9 Å². The number of ketones is 1. The number of Topliss-reactive ketones (excluding diaryl/α,β-unsaturated/α-hetero) is 1. The predicted molar refractivity (Wildman–Crippen MR) is 93.4 cm³/mol. The fourth-order valence-corrected chi connectivity index (χ4v) is 3.44. The van der Waals surface area contributed by atoms with Gasteiger partial charge in [-0.15, -0.1) is 11.3 Å². The molecule has 8 heteroatoms. The third-order valence-electron chi connectivity index (χ3n) is 2.39. The molecule has 1 aromatic heterocycles. The minimum atomic E-state index is -0.0690. The van der Waals surface area contributed by atoms with Crippen LogP contribution in [0.25, 0.3) is 0 Å². The number of nitrogens with one attached hydrogen (secondary N) is 1. The van der Waals surface area contributed by atoms with Crippen LogP contribution in [0.4, 0.5) is 5.69 Å². The second-order valence-corrected chi connectivity index (χ2v) is 7.06. The zero-order valence-corrected chi connectivity index (χ0v) is 14.2. The Morgan fingerprint density at radius 2 is 2.18 bits per heavy atom. The van der Waals surface area contributed by atoms with Crippen molar-refractivity contribution in [3.05, 3.63) is 50.6 Å². The molecule has 0 saturated carbocycles. The van der Waals surface area contributed by atoms with E-state index in [-0.39, 0.29) is 11.5 Å². The zero-order valence-electron chi connectivity index (χ0n) is 11.0. The van der Waals surface area contributed by atoms with E-state index in [4.69, 9.17) is 28.5 Å². The van der Waals surface area contributed by atoms with Crippen molar-refractivity contribution in [3.63, 3.8) is 0 Å². The second kappa shape index (κ2) is 8.20. The molecule has 2 rings (SSSR count). The highest BCUT2D eigenvalue weighted by Crippen LogP contribution is 2.24. The number of rotatable bonds is 4. The van der Waals surface area contributed by atoms with Crippen LogP contribution < -0.4 is 5.32 Å². The van der Waals surface area contributed by atoms with Crippen molar-refractivity contribution in [1.29, 1.82) is 5.26 Å². The maximum atomic E-state index is 12.0. The van der Waals surface area contributed by atoms with Gasteiger partial charge in [0, 0.05) is 5.02 Å². The summed E-state index contributed by atoms with van der Waals surface area (Å²) in [4.78, 5) is 16.9. The lowest BCUT2D eigenvalue weighted by atomic mass is 10.3. The summed E-state index contributed by atoms with van der Waals surface area (Å²) in [5.74, 6) is 0.0886. The van der Waals surface area contributed by atoms with Gasteiger partial charge < -0.3 is 0 Å². The Morgan fingerprint density at radius 1 is 1.36 bits per heavy atom. The van der Waals surface area contributed by atoms with Crippen LogP contribution in [0.5, 0.6) is 0 Å². The summed E-state index contributed by atoms with van der Waals surface area (Å²) in [6.07, 6.45) is 1.81. The molecule has 0 fully saturated rings. The number of carbonyl (C=O) groups is 1. The molecule has 0 atom stereocenters. The first-order valence-electron chi connectivity index (χ1n) is 5.99. The van der Waals surface area contributed by atoms with E-state index < -0.39 is 0 Å². The Balaban J connectivity index is 2.06. The molecule has 112 valence electrons. The van der Waals surface area contributed by atoms with Crippen LogP contribution in [0.3, 0.4) is 0 Å². The van der Waals surface area contributed by atoms with E-state index in [0.29, 0.717) is 25.1 Å². The lowest BCUT2D eigenvalue weighted by molar-refractivity contribution is 0.102. The first kappa shape index (κ1) is 16.8. The summed E-state index contributed by atoms with van der Waals surface area (Å²) in [6, 6.07) is 10.3. The van der Waals surface area contributed by atoms with Gasteiger partial charge in [-0.05, 0) is 30.3 Å². The van der Waals surface area contributed by atoms with Gasteiger partial charge >= 0.3 is 0 Å². The Morgan fingerprint density at radius 3 is 2.82 bits per heavy atom. The van der Waals surface area contributed by atoms with Crippen LogP contribution in [0, 0.1) is 11.5 Å². The minimum absolute atomic E-state index is 0.0690. The van der Waals surface area contributed by atoms with Crippen molar-refractivity contribution in [2.45, 2.75) is 0 Å². The van der Waals surface area contributed by atoms with E-state index in [9.17, 15) is 4.79 Å². The molecule has 0 aliphatic rings. The second-order valence-electron chi connectivity index (χ2n) is 3.95. The summed E-state index contributed by atoms with van der Waals surface area (Å²) in [5, 5.41) is 12.1. The van der Waals surface area contributed by atoms with Crippen LogP contribution >= 0.6 is 46.3 Å². The number of benzene rings is 1. The van der Waals surface area contributed by atoms with Crippen molar-refractivity contribution in [3.8, 4) is 6.19 Å². The zero-order chi connectivity index (χ0) is 15.9. The van der Waals surface area contributed by atoms with Gasteiger partial charge in [0.2, 0.25) is 0 Å². The maximum absolute atomic E-state index is 12.0. The van der Waals surface area contributed by atoms with Crippen LogP contribution in [0.15, 0.2) is 41.4 Å². The first-order valence-corrected chi connectivity index (χ1v) is 8.55. The highest BCUT2D eigenvalue weighted by molar-refractivity contribution is 8.14. The van der Waals surface area contributed by atoms with E-state index in [1.54, 1.807) is 42.6 Å². The molecular formula is C14H9Cl2N3OS2. The van der Waals surface area contributed by atoms with Gasteiger partial charge in [-0.2, -0.15) is 5.26 Å². The Bertz CT molecular complexity index is 753. The van der Waals surface area contributed by atoms with Gasteiger partial charge in [-0.25, -0.2) is 4.99 Å². The van der Waals surface area contributed by atoms with Gasteiger partial charge in [-0.1, -0.05) is 41.0 Å². The smallest absolute Gasteiger partial charge is 0.183 e. The number of hydrogen-bond donors (Lipinski definition) is 1. The molecule has 1 aromatic carbocycles. The molecule has 0 radical (unpaired) electrons. The number of nitriles is 1. The van der Waals surface area contributed by atoms with Crippen molar-refractivity contribution in [1.82, 2.24) is 5.32 Å². The molecule has 0 aliphatic carbocycles. The number of aliphatic imine (C=N–C) groups is 1. The first-order chi connectivity index (χ1) is 10.6. The molecule has 0 amide bonds. The topological polar surface area (TPSA) is 65.2 Å². The Hall–Kier alpha value is -1.52. The van der Waals surface area contributed by atoms with Crippen LogP contribution in [0.2, 0.25) is 9.36 Å². The monoisotopic (exact) mass is 369 g/mol. The molecule has 0 unspecified atom stereocenters. The number of thioether (sulfide) groups is 1. The van der Waals surface area contributed by atoms with Gasteiger partial charge in [0.25, 0.3) is 0 Å². The molecule has 1 N–H and O–H groups in total. The molecule has 1 heterocycles. The average Bonchev–Trinajstić information content (AvgIpc) is 2.91. The summed E-state index contributed by atoms with van der Waals surface area (Å²) >= 11 is 14.1. The van der Waals surface area contributed by atoms with Crippen molar-refractivity contribution in [2.75, 3.05) is 5.75 Å². The molecule has 4 nitrogen and oxygen atoms in total. The van der Waals surface area contributed by atoms with Crippen molar-refractivity contribution < 1.29 is 4.79 Å². The van der Waals surface area contributed by atoms with Crippen molar-refractivity contribution in [2.24, 2.45) is 4.99 Å². The normalized spacial score (nSPS) is 11.0. The van der Waals surface area contributed by atoms with E-state index in [1.807, 2.05) is 0 Å². The van der Waals surface area contributed by atoms with E-state index >= 15 is 0 Å². The van der Waals surface area contributed by atoms with Gasteiger partial charge in [0.1, 0.15) is 0 Å². The van der Waals surface area contributed by atoms with Crippen LogP contribution in [-0.2, 0) is 0 Å². The minimum Gasteiger partial charge on any atom is -0.292 e. The molecule has 22 heavy (non-hydrogen) atoms. The van der Waals surface area contributed by atoms with Gasteiger partial charge in [0.15, 0.2) is 17.1 Å². The fraction of sp³-hybridized carbons (Fsp3) is 0.0714. The van der Waals surface area contributed by atoms with Crippen LogP contribution in [0.1, 0.15) is 9.67 Å². The number of halogens is 2. The number of nitrogens with zero attached hydrogens (tertiary/aromatic N) is 2. The highest BCUT2D eigenvalue weighted by Gasteiger charge is 2.11. The lowest BCUT2D eigenvalue weighted by Crippen LogP contribution is -2.16. The Kier molecular flexibility index (Phi) is 6.28. The number of thiophene rings is 1. The largest absolute Gasteiger partial charge is 0.292 e. The number of hydrogen-bond acceptors (Lipinski definition) is 5. The van der Waals surface area contributed by atoms with E-state index in [2.05, 4.69) is 10.3 Å². The number of amidine groups is 1. The maximum Gasteiger partial charge on any atom is 0.183 e. The number of carbonyl (C=O) groups excluding carboxylic acids is 1. The molecular weight excluding hydrogens is 361 g/mol. The molecule has 0 bridgehead atoms. The van der Waals surface area contributed by atoms with E-state index in [0.717, 1.165) is 11.8 Å². The van der Waals surface area contributed by atoms with E-state index in [1.165, 1.54) is 11.3 Å². The molecule has 0 saturated heterocycles. The molecule has 0 spiro atoms. The summed E-state index contributed by atoms with van der Waals surface area (Å²) in [7, 11) is 0. The average molecular weight is 370 g/mol.